The van der Waals surface area contributed by atoms with Crippen LogP contribution in [0.3, 0.4) is 0 Å². The molecule has 30 heavy (non-hydrogen) atoms. The Morgan fingerprint density at radius 1 is 1.13 bits per heavy atom. The first-order valence-corrected chi connectivity index (χ1v) is 10.8. The molecule has 4 rings (SSSR count). The number of halogens is 2. The molecule has 8 heteroatoms. The number of likely N-dealkylation sites (tertiary alicyclic amines) is 1. The molecule has 2 aromatic carbocycles. The van der Waals surface area contributed by atoms with Crippen molar-refractivity contribution in [3.8, 4) is 5.75 Å². The first kappa shape index (κ1) is 21.0. The van der Waals surface area contributed by atoms with Gasteiger partial charge in [-0.3, -0.25) is 9.59 Å². The highest BCUT2D eigenvalue weighted by atomic mass is 35.5. The van der Waals surface area contributed by atoms with Gasteiger partial charge in [0.2, 0.25) is 0 Å². The average Bonchev–Trinajstić information content (AvgIpc) is 3.26. The van der Waals surface area contributed by atoms with Crippen molar-refractivity contribution >= 4 is 40.7 Å². The maximum atomic E-state index is 13.5. The van der Waals surface area contributed by atoms with Gasteiger partial charge in [-0.2, -0.15) is 0 Å². The van der Waals surface area contributed by atoms with Gasteiger partial charge >= 0.3 is 0 Å². The molecule has 158 valence electrons. The van der Waals surface area contributed by atoms with Crippen LogP contribution in [0.15, 0.2) is 36.4 Å². The molecule has 2 aromatic rings. The van der Waals surface area contributed by atoms with E-state index in [1.54, 1.807) is 35.2 Å². The van der Waals surface area contributed by atoms with Crippen LogP contribution < -0.4 is 10.1 Å². The van der Waals surface area contributed by atoms with Crippen LogP contribution in [-0.4, -0.2) is 54.4 Å². The summed E-state index contributed by atoms with van der Waals surface area (Å²) in [6.45, 7) is 3.81. The molecule has 0 bridgehead atoms. The molecule has 0 radical (unpaired) electrons. The fourth-order valence-corrected chi connectivity index (χ4v) is 4.15. The maximum absolute atomic E-state index is 13.5. The van der Waals surface area contributed by atoms with Crippen molar-refractivity contribution < 1.29 is 14.3 Å². The summed E-state index contributed by atoms with van der Waals surface area (Å²) in [4.78, 5) is 29.3. The van der Waals surface area contributed by atoms with E-state index in [0.717, 1.165) is 25.2 Å². The molecule has 0 atom stereocenters. The lowest BCUT2D eigenvalue weighted by Gasteiger charge is -2.28. The number of hydrogen-bond donors (Lipinski definition) is 1. The van der Waals surface area contributed by atoms with Crippen LogP contribution in [0.2, 0.25) is 10.0 Å². The van der Waals surface area contributed by atoms with E-state index < -0.39 is 0 Å². The summed E-state index contributed by atoms with van der Waals surface area (Å²) in [5.74, 6) is 0.0458. The molecule has 0 unspecified atom stereocenters. The molecular formula is C22H23Cl2N3O3. The summed E-state index contributed by atoms with van der Waals surface area (Å²) in [5.41, 5.74) is 1.86. The minimum absolute atomic E-state index is 0.0993. The van der Waals surface area contributed by atoms with Crippen LogP contribution in [-0.2, 0) is 11.3 Å². The number of nitrogens with zero attached hydrogens (tertiary/aromatic N) is 2. The molecule has 0 aromatic heterocycles. The standard InChI is InChI=1S/C22H23Cl2N3O3/c23-17-7-6-15(12-18(17)24)13-27(11-10-26-8-1-2-9-26)22(29)16-4-3-5-19-21(16)30-14-20(28)25-19/h3-7,12H,1-2,8-11,13-14H2,(H,25,28). The molecule has 2 amide bonds. The molecule has 0 aliphatic carbocycles. The van der Waals surface area contributed by atoms with Crippen molar-refractivity contribution in [2.45, 2.75) is 19.4 Å². The van der Waals surface area contributed by atoms with E-state index in [1.807, 2.05) is 6.07 Å². The molecule has 0 saturated carbocycles. The number of benzene rings is 2. The smallest absolute Gasteiger partial charge is 0.262 e. The first-order chi connectivity index (χ1) is 14.5. The van der Waals surface area contributed by atoms with Crippen LogP contribution >= 0.6 is 23.2 Å². The zero-order valence-corrected chi connectivity index (χ0v) is 18.0. The zero-order valence-electron chi connectivity index (χ0n) is 16.5. The zero-order chi connectivity index (χ0) is 21.1. The Morgan fingerprint density at radius 2 is 1.93 bits per heavy atom. The van der Waals surface area contributed by atoms with Gasteiger partial charge in [0, 0.05) is 19.6 Å². The van der Waals surface area contributed by atoms with Crippen LogP contribution in [0.25, 0.3) is 0 Å². The van der Waals surface area contributed by atoms with Crippen LogP contribution in [0, 0.1) is 0 Å². The summed E-state index contributed by atoms with van der Waals surface area (Å²) in [7, 11) is 0. The van der Waals surface area contributed by atoms with E-state index in [9.17, 15) is 9.59 Å². The third kappa shape index (κ3) is 4.72. The second-order valence-corrected chi connectivity index (χ2v) is 8.36. The number of amides is 2. The monoisotopic (exact) mass is 447 g/mol. The average molecular weight is 448 g/mol. The lowest BCUT2D eigenvalue weighted by Crippen LogP contribution is -2.38. The van der Waals surface area contributed by atoms with Gasteiger partial charge in [-0.15, -0.1) is 0 Å². The number of ether oxygens (including phenoxy) is 1. The van der Waals surface area contributed by atoms with Crippen molar-refractivity contribution in [3.63, 3.8) is 0 Å². The van der Waals surface area contributed by atoms with Crippen LogP contribution in [0.1, 0.15) is 28.8 Å². The van der Waals surface area contributed by atoms with E-state index >= 15 is 0 Å². The highest BCUT2D eigenvalue weighted by Crippen LogP contribution is 2.33. The maximum Gasteiger partial charge on any atom is 0.262 e. The third-order valence-corrected chi connectivity index (χ3v) is 6.14. The third-order valence-electron chi connectivity index (χ3n) is 5.40. The van der Waals surface area contributed by atoms with Gasteiger partial charge in [0.05, 0.1) is 21.3 Å². The van der Waals surface area contributed by atoms with Crippen LogP contribution in [0.5, 0.6) is 5.75 Å². The van der Waals surface area contributed by atoms with Gasteiger partial charge in [-0.05, 0) is 55.8 Å². The number of fused-ring (bicyclic) bond motifs is 1. The van der Waals surface area contributed by atoms with Crippen molar-refractivity contribution in [3.05, 3.63) is 57.6 Å². The minimum atomic E-state index is -0.228. The summed E-state index contributed by atoms with van der Waals surface area (Å²) in [5, 5.41) is 3.70. The summed E-state index contributed by atoms with van der Waals surface area (Å²) < 4.78 is 5.59. The molecule has 1 N–H and O–H groups in total. The van der Waals surface area contributed by atoms with E-state index in [1.165, 1.54) is 12.8 Å². The van der Waals surface area contributed by atoms with E-state index in [-0.39, 0.29) is 18.4 Å². The summed E-state index contributed by atoms with van der Waals surface area (Å²) in [6, 6.07) is 10.6. The lowest BCUT2D eigenvalue weighted by molar-refractivity contribution is -0.118. The SMILES string of the molecule is O=C1COc2c(cccc2C(=O)N(CCN2CCCC2)Cc2ccc(Cl)c(Cl)c2)N1. The number of anilines is 1. The van der Waals surface area contributed by atoms with Gasteiger partial charge in [0.15, 0.2) is 12.4 Å². The molecule has 2 heterocycles. The number of carbonyl (C=O) groups excluding carboxylic acids is 2. The Bertz CT molecular complexity index is 961. The van der Waals surface area contributed by atoms with Crippen molar-refractivity contribution in [2.24, 2.45) is 0 Å². The minimum Gasteiger partial charge on any atom is -0.481 e. The number of para-hydroxylation sites is 1. The largest absolute Gasteiger partial charge is 0.481 e. The Labute approximate surface area is 185 Å². The highest BCUT2D eigenvalue weighted by molar-refractivity contribution is 6.42. The summed E-state index contributed by atoms with van der Waals surface area (Å²) >= 11 is 12.2. The van der Waals surface area contributed by atoms with Crippen molar-refractivity contribution in [1.29, 1.82) is 0 Å². The van der Waals surface area contributed by atoms with Gasteiger partial charge in [-0.25, -0.2) is 0 Å². The van der Waals surface area contributed by atoms with Gasteiger partial charge in [0.1, 0.15) is 0 Å². The first-order valence-electron chi connectivity index (χ1n) is 10.0. The van der Waals surface area contributed by atoms with E-state index in [2.05, 4.69) is 10.2 Å². The molecule has 1 fully saturated rings. The van der Waals surface area contributed by atoms with Crippen molar-refractivity contribution in [2.75, 3.05) is 38.1 Å². The second kappa shape index (κ2) is 9.25. The van der Waals surface area contributed by atoms with Gasteiger partial charge in [-0.1, -0.05) is 35.3 Å². The Morgan fingerprint density at radius 3 is 2.70 bits per heavy atom. The molecule has 1 saturated heterocycles. The highest BCUT2D eigenvalue weighted by Gasteiger charge is 2.26. The van der Waals surface area contributed by atoms with E-state index in [0.29, 0.717) is 40.1 Å². The number of rotatable bonds is 6. The summed E-state index contributed by atoms with van der Waals surface area (Å²) in [6.07, 6.45) is 2.39. The second-order valence-electron chi connectivity index (χ2n) is 7.54. The Balaban J connectivity index is 1.59. The molecule has 6 nitrogen and oxygen atoms in total. The van der Waals surface area contributed by atoms with Gasteiger partial charge < -0.3 is 19.9 Å². The Hall–Kier alpha value is -2.28. The van der Waals surface area contributed by atoms with Crippen molar-refractivity contribution in [1.82, 2.24) is 9.80 Å². The molecular weight excluding hydrogens is 425 g/mol. The Kier molecular flexibility index (Phi) is 6.46. The van der Waals surface area contributed by atoms with E-state index in [4.69, 9.17) is 27.9 Å². The molecule has 2 aliphatic rings. The number of carbonyl (C=O) groups is 2. The van der Waals surface area contributed by atoms with Gasteiger partial charge in [0.25, 0.3) is 11.8 Å². The molecule has 2 aliphatic heterocycles. The number of nitrogens with one attached hydrogen (secondary N) is 1. The fraction of sp³-hybridized carbons (Fsp3) is 0.364. The molecule has 0 spiro atoms. The predicted molar refractivity (Wildman–Crippen MR) is 117 cm³/mol. The quantitative estimate of drug-likeness (QED) is 0.724. The normalized spacial score (nSPS) is 16.0. The lowest BCUT2D eigenvalue weighted by atomic mass is 10.1. The predicted octanol–water partition coefficient (Wildman–Crippen LogP) is 4.06. The fourth-order valence-electron chi connectivity index (χ4n) is 3.83. The van der Waals surface area contributed by atoms with Crippen LogP contribution in [0.4, 0.5) is 5.69 Å². The topological polar surface area (TPSA) is 61.9 Å². The number of hydrogen-bond acceptors (Lipinski definition) is 4.